The van der Waals surface area contributed by atoms with Crippen LogP contribution < -0.4 is 0 Å². The van der Waals surface area contributed by atoms with Gasteiger partial charge in [0.15, 0.2) is 0 Å². The van der Waals surface area contributed by atoms with Crippen LogP contribution in [0.5, 0.6) is 0 Å². The van der Waals surface area contributed by atoms with Crippen LogP contribution >= 0.6 is 7.60 Å². The molecular formula is C10H23O3P. The Morgan fingerprint density at radius 1 is 1.14 bits per heavy atom. The fourth-order valence-corrected chi connectivity index (χ4v) is 2.04. The highest BCUT2D eigenvalue weighted by atomic mass is 31.2. The van der Waals surface area contributed by atoms with Gasteiger partial charge in [0.2, 0.25) is 0 Å². The van der Waals surface area contributed by atoms with Crippen LogP contribution in [-0.4, -0.2) is 14.9 Å². The Bertz CT molecular complexity index is 238. The topological polar surface area (TPSA) is 57.5 Å². The lowest BCUT2D eigenvalue weighted by Gasteiger charge is -2.37. The molecule has 14 heavy (non-hydrogen) atoms. The smallest absolute Gasteiger partial charge is 0.324 e. The summed E-state index contributed by atoms with van der Waals surface area (Å²) in [5.74, 6) is 0.410. The zero-order valence-electron chi connectivity index (χ0n) is 10.0. The zero-order valence-corrected chi connectivity index (χ0v) is 10.9. The molecule has 0 bridgehead atoms. The summed E-state index contributed by atoms with van der Waals surface area (Å²) >= 11 is 0. The lowest BCUT2D eigenvalue weighted by atomic mass is 9.75. The lowest BCUT2D eigenvalue weighted by molar-refractivity contribution is 0.192. The maximum atomic E-state index is 11.2. The van der Waals surface area contributed by atoms with E-state index < -0.39 is 12.8 Å². The van der Waals surface area contributed by atoms with Crippen molar-refractivity contribution in [2.45, 2.75) is 53.1 Å². The summed E-state index contributed by atoms with van der Waals surface area (Å²) in [5.41, 5.74) is -0.0510. The Morgan fingerprint density at radius 2 is 1.50 bits per heavy atom. The van der Waals surface area contributed by atoms with Gasteiger partial charge in [0.25, 0.3) is 0 Å². The summed E-state index contributed by atoms with van der Waals surface area (Å²) in [5, 5.41) is -0.930. The molecule has 0 aromatic carbocycles. The molecule has 0 saturated carbocycles. The van der Waals surface area contributed by atoms with Gasteiger partial charge < -0.3 is 9.79 Å². The zero-order chi connectivity index (χ0) is 11.8. The third-order valence-electron chi connectivity index (χ3n) is 3.24. The molecule has 0 atom stereocenters. The van der Waals surface area contributed by atoms with E-state index in [0.29, 0.717) is 12.3 Å². The Kier molecular flexibility index (Phi) is 4.00. The summed E-state index contributed by atoms with van der Waals surface area (Å²) in [6, 6.07) is 0. The van der Waals surface area contributed by atoms with Crippen LogP contribution in [0.1, 0.15) is 48.0 Å². The molecule has 0 rings (SSSR count). The van der Waals surface area contributed by atoms with E-state index in [4.69, 9.17) is 0 Å². The monoisotopic (exact) mass is 222 g/mol. The Labute approximate surface area is 87.1 Å². The number of rotatable bonds is 4. The quantitative estimate of drug-likeness (QED) is 0.719. The first kappa shape index (κ1) is 14.2. The van der Waals surface area contributed by atoms with E-state index in [1.54, 1.807) is 13.8 Å². The van der Waals surface area contributed by atoms with Gasteiger partial charge in [-0.3, -0.25) is 4.57 Å². The molecule has 0 fully saturated rings. The Balaban J connectivity index is 4.77. The molecule has 0 amide bonds. The molecule has 0 aromatic heterocycles. The van der Waals surface area contributed by atoms with Crippen molar-refractivity contribution in [3.05, 3.63) is 0 Å². The minimum Gasteiger partial charge on any atom is -0.324 e. The van der Waals surface area contributed by atoms with Crippen molar-refractivity contribution in [3.63, 3.8) is 0 Å². The third kappa shape index (κ3) is 3.38. The Hall–Kier alpha value is 0.150. The predicted octanol–water partition coefficient (Wildman–Crippen LogP) is 3.02. The first-order valence-electron chi connectivity index (χ1n) is 4.96. The molecule has 0 saturated heterocycles. The van der Waals surface area contributed by atoms with Crippen LogP contribution in [-0.2, 0) is 4.57 Å². The van der Waals surface area contributed by atoms with E-state index in [1.807, 2.05) is 0 Å². The molecule has 0 aliphatic carbocycles. The SMILES string of the molecule is CC(C)C(C)(C)CC(C)(C)P(=O)(O)O. The van der Waals surface area contributed by atoms with Crippen molar-refractivity contribution >= 4 is 7.60 Å². The van der Waals surface area contributed by atoms with Crippen LogP contribution in [0.15, 0.2) is 0 Å². The molecule has 0 radical (unpaired) electrons. The van der Waals surface area contributed by atoms with Crippen LogP contribution in [0, 0.1) is 11.3 Å². The van der Waals surface area contributed by atoms with E-state index in [1.165, 1.54) is 0 Å². The van der Waals surface area contributed by atoms with E-state index in [9.17, 15) is 14.4 Å². The molecule has 0 unspecified atom stereocenters. The van der Waals surface area contributed by atoms with Gasteiger partial charge in [-0.15, -0.1) is 0 Å². The van der Waals surface area contributed by atoms with Crippen molar-refractivity contribution < 1.29 is 14.4 Å². The Morgan fingerprint density at radius 3 is 1.71 bits per heavy atom. The van der Waals surface area contributed by atoms with Crippen molar-refractivity contribution in [2.75, 3.05) is 0 Å². The molecule has 3 nitrogen and oxygen atoms in total. The maximum absolute atomic E-state index is 11.2. The van der Waals surface area contributed by atoms with Gasteiger partial charge in [-0.2, -0.15) is 0 Å². The molecule has 0 heterocycles. The molecule has 0 spiro atoms. The summed E-state index contributed by atoms with van der Waals surface area (Å²) in [7, 11) is -4.00. The normalized spacial score (nSPS) is 14.9. The molecule has 0 aliphatic rings. The predicted molar refractivity (Wildman–Crippen MR) is 59.4 cm³/mol. The third-order valence-corrected chi connectivity index (χ3v) is 4.97. The standard InChI is InChI=1S/C10H23O3P/c1-8(2)9(3,4)7-10(5,6)14(11,12)13/h8H,7H2,1-6H3,(H2,11,12,13). The summed E-state index contributed by atoms with van der Waals surface area (Å²) in [6.45, 7) is 11.5. The molecule has 86 valence electrons. The average molecular weight is 222 g/mol. The van der Waals surface area contributed by atoms with Crippen LogP contribution in [0.3, 0.4) is 0 Å². The first-order chi connectivity index (χ1) is 5.90. The second-order valence-electron chi connectivity index (χ2n) is 5.68. The fourth-order valence-electron chi connectivity index (χ4n) is 1.42. The van der Waals surface area contributed by atoms with Gasteiger partial charge in [-0.05, 0) is 31.6 Å². The van der Waals surface area contributed by atoms with Gasteiger partial charge in [-0.25, -0.2) is 0 Å². The summed E-state index contributed by atoms with van der Waals surface area (Å²) < 4.78 is 11.2. The summed E-state index contributed by atoms with van der Waals surface area (Å²) in [4.78, 5) is 18.4. The second kappa shape index (κ2) is 3.96. The maximum Gasteiger partial charge on any atom is 0.331 e. The van der Waals surface area contributed by atoms with Gasteiger partial charge in [-0.1, -0.05) is 27.7 Å². The van der Waals surface area contributed by atoms with Crippen LogP contribution in [0.2, 0.25) is 0 Å². The second-order valence-corrected chi connectivity index (χ2v) is 7.98. The molecule has 2 N–H and O–H groups in total. The highest BCUT2D eigenvalue weighted by Gasteiger charge is 2.42. The lowest BCUT2D eigenvalue weighted by Crippen LogP contribution is -2.31. The van der Waals surface area contributed by atoms with Gasteiger partial charge in [0.1, 0.15) is 0 Å². The summed E-state index contributed by atoms with van der Waals surface area (Å²) in [6.07, 6.45) is 0.530. The number of hydrogen-bond donors (Lipinski definition) is 2. The van der Waals surface area contributed by atoms with E-state index >= 15 is 0 Å². The number of hydrogen-bond acceptors (Lipinski definition) is 1. The largest absolute Gasteiger partial charge is 0.331 e. The van der Waals surface area contributed by atoms with Gasteiger partial charge in [0, 0.05) is 0 Å². The fraction of sp³-hybridized carbons (Fsp3) is 1.00. The van der Waals surface area contributed by atoms with Crippen molar-refractivity contribution in [3.8, 4) is 0 Å². The minimum absolute atomic E-state index is 0.0510. The van der Waals surface area contributed by atoms with Crippen LogP contribution in [0.25, 0.3) is 0 Å². The molecule has 0 aliphatic heterocycles. The van der Waals surface area contributed by atoms with Gasteiger partial charge in [0.05, 0.1) is 5.16 Å². The molecular weight excluding hydrogens is 199 g/mol. The van der Waals surface area contributed by atoms with E-state index in [2.05, 4.69) is 27.7 Å². The minimum atomic E-state index is -4.00. The van der Waals surface area contributed by atoms with E-state index in [0.717, 1.165) is 0 Å². The highest BCUT2D eigenvalue weighted by Crippen LogP contribution is 2.55. The van der Waals surface area contributed by atoms with Crippen molar-refractivity contribution in [1.82, 2.24) is 0 Å². The highest BCUT2D eigenvalue weighted by molar-refractivity contribution is 7.53. The van der Waals surface area contributed by atoms with Crippen molar-refractivity contribution in [1.29, 1.82) is 0 Å². The van der Waals surface area contributed by atoms with Gasteiger partial charge >= 0.3 is 7.60 Å². The van der Waals surface area contributed by atoms with Crippen molar-refractivity contribution in [2.24, 2.45) is 11.3 Å². The van der Waals surface area contributed by atoms with E-state index in [-0.39, 0.29) is 5.41 Å². The van der Waals surface area contributed by atoms with Crippen LogP contribution in [0.4, 0.5) is 0 Å². The average Bonchev–Trinajstić information content (AvgIpc) is 1.80. The molecule has 0 aromatic rings. The first-order valence-corrected chi connectivity index (χ1v) is 6.57. The molecule has 4 heteroatoms.